The number of carbonyl (C=O) groups is 1. The maximum atomic E-state index is 12.2. The van der Waals surface area contributed by atoms with Gasteiger partial charge in [0, 0.05) is 0 Å². The molecule has 0 amide bonds. The minimum atomic E-state index is -0.632. The van der Waals surface area contributed by atoms with Gasteiger partial charge in [0.25, 0.3) is 0 Å². The lowest BCUT2D eigenvalue weighted by atomic mass is 10.1. The Labute approximate surface area is 138 Å². The molecule has 0 radical (unpaired) electrons. The van der Waals surface area contributed by atoms with Crippen molar-refractivity contribution in [3.8, 4) is 0 Å². The largest absolute Gasteiger partial charge is 0.468 e. The normalized spacial score (nSPS) is 12.5. The quantitative estimate of drug-likeness (QED) is 0.776. The van der Waals surface area contributed by atoms with Gasteiger partial charge in [-0.25, -0.2) is 9.78 Å². The summed E-state index contributed by atoms with van der Waals surface area (Å²) in [4.78, 5) is 18.1. The highest BCUT2D eigenvalue weighted by Gasteiger charge is 2.27. The van der Waals surface area contributed by atoms with Gasteiger partial charge in [-0.15, -0.1) is 0 Å². The number of aryl methyl sites for hydroxylation is 1. The van der Waals surface area contributed by atoms with Crippen LogP contribution in [0, 0.1) is 6.92 Å². The second-order valence-corrected chi connectivity index (χ2v) is 5.69. The molecule has 0 aliphatic carbocycles. The van der Waals surface area contributed by atoms with E-state index in [4.69, 9.17) is 32.4 Å². The Morgan fingerprint density at radius 2 is 2.14 bits per heavy atom. The molecule has 0 N–H and O–H groups in total. The molecule has 118 valence electrons. The van der Waals surface area contributed by atoms with E-state index in [1.807, 2.05) is 6.92 Å². The second-order valence-electron chi connectivity index (χ2n) is 4.88. The molecule has 0 bridgehead atoms. The molecule has 2 rings (SSSR count). The predicted octanol–water partition coefficient (Wildman–Crippen LogP) is 3.64. The summed E-state index contributed by atoms with van der Waals surface area (Å²) in [6, 6.07) is 4.42. The Morgan fingerprint density at radius 1 is 1.41 bits per heavy atom. The molecule has 0 saturated heterocycles. The number of nitrogens with zero attached hydrogens (tertiary/aromatic N) is 2. The van der Waals surface area contributed by atoms with Crippen molar-refractivity contribution in [2.45, 2.75) is 19.5 Å². The van der Waals surface area contributed by atoms with Crippen LogP contribution in [0.15, 0.2) is 28.8 Å². The molecule has 0 fully saturated rings. The summed E-state index contributed by atoms with van der Waals surface area (Å²) in [6.45, 7) is 2.17. The first-order valence-electron chi connectivity index (χ1n) is 6.56. The van der Waals surface area contributed by atoms with Gasteiger partial charge in [0.1, 0.15) is 11.8 Å². The Balaban J connectivity index is 2.28. The molecule has 1 heterocycles. The Kier molecular flexibility index (Phi) is 5.45. The number of likely N-dealkylation sites (N-methyl/N-ethyl adjacent to an activating group) is 1. The molecule has 1 aromatic heterocycles. The van der Waals surface area contributed by atoms with Gasteiger partial charge in [-0.3, -0.25) is 4.90 Å². The molecule has 0 spiro atoms. The molecule has 2 aromatic rings. The summed E-state index contributed by atoms with van der Waals surface area (Å²) < 4.78 is 10.3. The highest BCUT2D eigenvalue weighted by molar-refractivity contribution is 6.42. The molecule has 0 aliphatic heterocycles. The number of benzene rings is 1. The highest BCUT2D eigenvalue weighted by atomic mass is 35.5. The Morgan fingerprint density at radius 3 is 2.68 bits per heavy atom. The van der Waals surface area contributed by atoms with Gasteiger partial charge in [0.2, 0.25) is 5.89 Å². The topological polar surface area (TPSA) is 55.6 Å². The highest BCUT2D eigenvalue weighted by Crippen LogP contribution is 2.29. The number of esters is 1. The van der Waals surface area contributed by atoms with Crippen LogP contribution in [0.5, 0.6) is 0 Å². The van der Waals surface area contributed by atoms with E-state index in [1.54, 1.807) is 36.3 Å². The van der Waals surface area contributed by atoms with Crippen LogP contribution in [0.1, 0.15) is 23.3 Å². The number of carbonyl (C=O) groups excluding carboxylic acids is 1. The standard InChI is InChI=1S/C15H16Cl2N2O3/c1-9-7-18-13(22-9)8-19(2)14(15(20)21-3)10-4-5-11(16)12(17)6-10/h4-7,14H,8H2,1-3H3. The molecule has 1 unspecified atom stereocenters. The van der Waals surface area contributed by atoms with Crippen molar-refractivity contribution in [2.24, 2.45) is 0 Å². The number of rotatable bonds is 5. The number of halogens is 2. The molecule has 5 nitrogen and oxygen atoms in total. The first-order chi connectivity index (χ1) is 10.4. The van der Waals surface area contributed by atoms with Crippen molar-refractivity contribution in [1.82, 2.24) is 9.88 Å². The second kappa shape index (κ2) is 7.13. The zero-order valence-electron chi connectivity index (χ0n) is 12.5. The van der Waals surface area contributed by atoms with E-state index >= 15 is 0 Å². The van der Waals surface area contributed by atoms with Crippen molar-refractivity contribution in [3.05, 3.63) is 51.7 Å². The summed E-state index contributed by atoms with van der Waals surface area (Å²) in [7, 11) is 3.12. The summed E-state index contributed by atoms with van der Waals surface area (Å²) in [6.07, 6.45) is 1.63. The average molecular weight is 343 g/mol. The van der Waals surface area contributed by atoms with Crippen LogP contribution in [-0.4, -0.2) is 30.0 Å². The smallest absolute Gasteiger partial charge is 0.327 e. The van der Waals surface area contributed by atoms with E-state index in [9.17, 15) is 4.79 Å². The molecule has 0 aliphatic rings. The molecule has 1 aromatic carbocycles. The third-order valence-corrected chi connectivity index (χ3v) is 3.92. The van der Waals surface area contributed by atoms with Crippen LogP contribution in [0.2, 0.25) is 10.0 Å². The van der Waals surface area contributed by atoms with Crippen LogP contribution in [-0.2, 0) is 16.1 Å². The predicted molar refractivity (Wildman–Crippen MR) is 83.9 cm³/mol. The van der Waals surface area contributed by atoms with Crippen molar-refractivity contribution < 1.29 is 13.9 Å². The van der Waals surface area contributed by atoms with E-state index in [1.165, 1.54) is 7.11 Å². The molecule has 7 heteroatoms. The van der Waals surface area contributed by atoms with Gasteiger partial charge in [0.05, 0.1) is 29.9 Å². The van der Waals surface area contributed by atoms with Gasteiger partial charge in [-0.05, 0) is 31.7 Å². The van der Waals surface area contributed by atoms with Crippen LogP contribution in [0.25, 0.3) is 0 Å². The third kappa shape index (κ3) is 3.80. The van der Waals surface area contributed by atoms with Gasteiger partial charge in [-0.1, -0.05) is 29.3 Å². The van der Waals surface area contributed by atoms with Crippen LogP contribution in [0.4, 0.5) is 0 Å². The Hall–Kier alpha value is -1.56. The summed E-state index contributed by atoms with van der Waals surface area (Å²) in [5.74, 6) is 0.839. The average Bonchev–Trinajstić information content (AvgIpc) is 2.88. The van der Waals surface area contributed by atoms with Gasteiger partial charge in [-0.2, -0.15) is 0 Å². The van der Waals surface area contributed by atoms with Crippen molar-refractivity contribution >= 4 is 29.2 Å². The summed E-state index contributed by atoms with van der Waals surface area (Å²) in [5, 5.41) is 0.813. The molecule has 1 atom stereocenters. The third-order valence-electron chi connectivity index (χ3n) is 3.18. The monoisotopic (exact) mass is 342 g/mol. The number of hydrogen-bond acceptors (Lipinski definition) is 5. The number of methoxy groups -OCH3 is 1. The first-order valence-corrected chi connectivity index (χ1v) is 7.32. The van der Waals surface area contributed by atoms with Gasteiger partial charge >= 0.3 is 5.97 Å². The van der Waals surface area contributed by atoms with Gasteiger partial charge in [0.15, 0.2) is 0 Å². The Bertz CT molecular complexity index is 673. The number of aromatic nitrogens is 1. The summed E-state index contributed by atoms with van der Waals surface area (Å²) in [5.41, 5.74) is 0.687. The van der Waals surface area contributed by atoms with Gasteiger partial charge < -0.3 is 9.15 Å². The molecular weight excluding hydrogens is 327 g/mol. The van der Waals surface area contributed by atoms with Crippen LogP contribution < -0.4 is 0 Å². The van der Waals surface area contributed by atoms with Crippen molar-refractivity contribution in [2.75, 3.05) is 14.2 Å². The maximum absolute atomic E-state index is 12.2. The van der Waals surface area contributed by atoms with E-state index in [0.29, 0.717) is 33.8 Å². The lowest BCUT2D eigenvalue weighted by Crippen LogP contribution is -2.31. The fourth-order valence-corrected chi connectivity index (χ4v) is 2.45. The van der Waals surface area contributed by atoms with E-state index in [2.05, 4.69) is 4.98 Å². The van der Waals surface area contributed by atoms with E-state index in [-0.39, 0.29) is 0 Å². The summed E-state index contributed by atoms with van der Waals surface area (Å²) >= 11 is 12.0. The molecule has 0 saturated carbocycles. The maximum Gasteiger partial charge on any atom is 0.327 e. The zero-order chi connectivity index (χ0) is 16.3. The van der Waals surface area contributed by atoms with E-state index < -0.39 is 12.0 Å². The van der Waals surface area contributed by atoms with Crippen LogP contribution >= 0.6 is 23.2 Å². The van der Waals surface area contributed by atoms with Crippen LogP contribution in [0.3, 0.4) is 0 Å². The number of hydrogen-bond donors (Lipinski definition) is 0. The van der Waals surface area contributed by atoms with Crippen molar-refractivity contribution in [1.29, 1.82) is 0 Å². The van der Waals surface area contributed by atoms with E-state index in [0.717, 1.165) is 0 Å². The zero-order valence-corrected chi connectivity index (χ0v) is 14.0. The first kappa shape index (κ1) is 16.8. The molecule has 22 heavy (non-hydrogen) atoms. The lowest BCUT2D eigenvalue weighted by Gasteiger charge is -2.25. The lowest BCUT2D eigenvalue weighted by molar-refractivity contribution is -0.147. The molecular formula is C15H16Cl2N2O3. The fourth-order valence-electron chi connectivity index (χ4n) is 2.14. The minimum Gasteiger partial charge on any atom is -0.468 e. The SMILES string of the molecule is COC(=O)C(c1ccc(Cl)c(Cl)c1)N(C)Cc1ncc(C)o1. The number of oxazole rings is 1. The fraction of sp³-hybridized carbons (Fsp3) is 0.333. The van der Waals surface area contributed by atoms with Crippen molar-refractivity contribution in [3.63, 3.8) is 0 Å². The number of ether oxygens (including phenoxy) is 1. The minimum absolute atomic E-state index is 0.355.